The van der Waals surface area contributed by atoms with Crippen LogP contribution in [0.5, 0.6) is 11.5 Å². The Morgan fingerprint density at radius 3 is 2.47 bits per heavy atom. The third-order valence-corrected chi connectivity index (χ3v) is 8.67. The molecule has 0 amide bonds. The van der Waals surface area contributed by atoms with Crippen molar-refractivity contribution >= 4 is 12.1 Å². The Morgan fingerprint density at radius 1 is 0.947 bits per heavy atom. The van der Waals surface area contributed by atoms with Gasteiger partial charge in [0.25, 0.3) is 0 Å². The molecule has 4 heterocycles. The molecule has 0 spiro atoms. The van der Waals surface area contributed by atoms with Crippen molar-refractivity contribution in [2.75, 3.05) is 14.2 Å². The summed E-state index contributed by atoms with van der Waals surface area (Å²) in [5, 5.41) is 0. The van der Waals surface area contributed by atoms with E-state index in [2.05, 4.69) is 29.2 Å². The Morgan fingerprint density at radius 2 is 1.71 bits per heavy atom. The van der Waals surface area contributed by atoms with Crippen molar-refractivity contribution < 1.29 is 33.3 Å². The average molecular weight is 522 g/mol. The molecule has 38 heavy (non-hydrogen) atoms. The van der Waals surface area contributed by atoms with Crippen LogP contribution in [0.15, 0.2) is 36.4 Å². The van der Waals surface area contributed by atoms with Crippen LogP contribution in [0.4, 0.5) is 4.79 Å². The SMILES string of the molecule is COc1ccc2cc1-c1cc(ccc1OC)[C@H]1C[C@H]3OC(=O)O[C@H]3[C@@H]3CCC[C@@H](C[C@H](OC(C)=O)CC2)N13. The molecular weight excluding hydrogens is 486 g/mol. The molecule has 4 aliphatic rings. The molecule has 3 saturated heterocycles. The van der Waals surface area contributed by atoms with Crippen molar-refractivity contribution in [1.29, 1.82) is 0 Å². The molecule has 202 valence electrons. The Balaban J connectivity index is 1.51. The van der Waals surface area contributed by atoms with Crippen molar-refractivity contribution in [3.63, 3.8) is 0 Å². The molecule has 4 aliphatic heterocycles. The van der Waals surface area contributed by atoms with Crippen molar-refractivity contribution in [3.05, 3.63) is 47.5 Å². The van der Waals surface area contributed by atoms with E-state index >= 15 is 0 Å². The minimum absolute atomic E-state index is 0.0126. The van der Waals surface area contributed by atoms with E-state index in [9.17, 15) is 9.59 Å². The number of fused-ring (bicyclic) bond motifs is 8. The molecular formula is C30H35NO7. The normalized spacial score (nSPS) is 30.2. The summed E-state index contributed by atoms with van der Waals surface area (Å²) in [6.45, 7) is 1.48. The van der Waals surface area contributed by atoms with Gasteiger partial charge >= 0.3 is 12.1 Å². The molecule has 6 rings (SSSR count). The lowest BCUT2D eigenvalue weighted by Crippen LogP contribution is -2.60. The number of ether oxygens (including phenoxy) is 5. The second kappa shape index (κ2) is 10.1. The quantitative estimate of drug-likeness (QED) is 0.509. The summed E-state index contributed by atoms with van der Waals surface area (Å²) in [7, 11) is 3.36. The first-order valence-electron chi connectivity index (χ1n) is 13.6. The lowest BCUT2D eigenvalue weighted by Gasteiger charge is -2.52. The van der Waals surface area contributed by atoms with E-state index in [1.165, 1.54) is 6.92 Å². The number of hydrogen-bond acceptors (Lipinski definition) is 8. The number of methoxy groups -OCH3 is 2. The Labute approximate surface area is 223 Å². The summed E-state index contributed by atoms with van der Waals surface area (Å²) in [4.78, 5) is 26.8. The van der Waals surface area contributed by atoms with Gasteiger partial charge in [-0.2, -0.15) is 0 Å². The van der Waals surface area contributed by atoms with Gasteiger partial charge in [-0.1, -0.05) is 18.6 Å². The van der Waals surface area contributed by atoms with Crippen LogP contribution in [0, 0.1) is 0 Å². The van der Waals surface area contributed by atoms with Gasteiger partial charge in [0.15, 0.2) is 6.10 Å². The van der Waals surface area contributed by atoms with Crippen LogP contribution in [0.25, 0.3) is 11.1 Å². The van der Waals surface area contributed by atoms with Crippen molar-refractivity contribution in [2.24, 2.45) is 0 Å². The number of aryl methyl sites for hydroxylation is 1. The highest BCUT2D eigenvalue weighted by Gasteiger charge is 2.54. The standard InChI is InChI=1S/C30H35NO7/c1-17(32)36-21-10-7-18-8-11-26(34-2)22(13-18)23-14-19(9-12-27(23)35-3)25-16-28-29(38-30(33)37-28)24-6-4-5-20(15-21)31(24)25/h8-9,11-14,20-21,24-25,28-29H,4-7,10,15-16H2,1-3H3/t20-,21+,24-,25+,28+,29-/m0/s1. The molecule has 2 aromatic carbocycles. The van der Waals surface area contributed by atoms with E-state index in [1.54, 1.807) is 14.2 Å². The highest BCUT2D eigenvalue weighted by atomic mass is 16.8. The smallest absolute Gasteiger partial charge is 0.496 e. The molecule has 6 atom stereocenters. The fourth-order valence-electron chi connectivity index (χ4n) is 7.11. The molecule has 0 saturated carbocycles. The Bertz CT molecular complexity index is 1230. The highest BCUT2D eigenvalue weighted by molar-refractivity contribution is 5.77. The molecule has 0 aromatic heterocycles. The van der Waals surface area contributed by atoms with Crippen LogP contribution in [-0.4, -0.2) is 61.6 Å². The van der Waals surface area contributed by atoms with Crippen LogP contribution in [0.1, 0.15) is 62.6 Å². The van der Waals surface area contributed by atoms with Gasteiger partial charge in [-0.05, 0) is 67.5 Å². The zero-order chi connectivity index (χ0) is 26.4. The zero-order valence-corrected chi connectivity index (χ0v) is 22.2. The minimum atomic E-state index is -0.577. The van der Waals surface area contributed by atoms with Crippen molar-refractivity contribution in [2.45, 2.75) is 88.3 Å². The van der Waals surface area contributed by atoms with Crippen LogP contribution < -0.4 is 9.47 Å². The summed E-state index contributed by atoms with van der Waals surface area (Å²) in [5.74, 6) is 1.28. The molecule has 0 radical (unpaired) electrons. The van der Waals surface area contributed by atoms with Crippen LogP contribution in [0.2, 0.25) is 0 Å². The maximum absolute atomic E-state index is 12.2. The number of benzene rings is 2. The highest BCUT2D eigenvalue weighted by Crippen LogP contribution is 2.48. The molecule has 8 heteroatoms. The molecule has 3 fully saturated rings. The number of carbonyl (C=O) groups excluding carboxylic acids is 2. The molecule has 0 N–H and O–H groups in total. The lowest BCUT2D eigenvalue weighted by atomic mass is 9.78. The summed E-state index contributed by atoms with van der Waals surface area (Å²) in [5.41, 5.74) is 4.21. The predicted molar refractivity (Wildman–Crippen MR) is 139 cm³/mol. The van der Waals surface area contributed by atoms with Gasteiger partial charge in [0.05, 0.1) is 20.3 Å². The van der Waals surface area contributed by atoms with Gasteiger partial charge < -0.3 is 23.7 Å². The fraction of sp³-hybridized carbons (Fsp3) is 0.533. The van der Waals surface area contributed by atoms with E-state index in [-0.39, 0.29) is 42.4 Å². The molecule has 4 bridgehead atoms. The summed E-state index contributed by atoms with van der Waals surface area (Å²) >= 11 is 0. The fourth-order valence-corrected chi connectivity index (χ4v) is 7.11. The van der Waals surface area contributed by atoms with Gasteiger partial charge in [0.1, 0.15) is 23.7 Å². The summed E-state index contributed by atoms with van der Waals surface area (Å²) in [6.07, 6.45) is 4.49. The third kappa shape index (κ3) is 4.49. The number of piperidine rings is 2. The first-order chi connectivity index (χ1) is 18.4. The number of esters is 1. The zero-order valence-electron chi connectivity index (χ0n) is 22.2. The molecule has 0 aliphatic carbocycles. The largest absolute Gasteiger partial charge is 0.509 e. The van der Waals surface area contributed by atoms with E-state index in [4.69, 9.17) is 23.7 Å². The first-order valence-corrected chi connectivity index (χ1v) is 13.6. The van der Waals surface area contributed by atoms with E-state index in [0.29, 0.717) is 6.42 Å². The number of nitrogens with zero attached hydrogens (tertiary/aromatic N) is 1. The number of hydrogen-bond donors (Lipinski definition) is 0. The van der Waals surface area contributed by atoms with E-state index < -0.39 is 6.16 Å². The maximum Gasteiger partial charge on any atom is 0.509 e. The van der Waals surface area contributed by atoms with Gasteiger partial charge in [-0.25, -0.2) is 4.79 Å². The molecule has 0 unspecified atom stereocenters. The lowest BCUT2D eigenvalue weighted by molar-refractivity contribution is -0.149. The topological polar surface area (TPSA) is 83.5 Å². The van der Waals surface area contributed by atoms with Crippen molar-refractivity contribution in [1.82, 2.24) is 4.90 Å². The minimum Gasteiger partial charge on any atom is -0.496 e. The predicted octanol–water partition coefficient (Wildman–Crippen LogP) is 5.21. The van der Waals surface area contributed by atoms with Gasteiger partial charge in [0.2, 0.25) is 0 Å². The molecule has 8 nitrogen and oxygen atoms in total. The monoisotopic (exact) mass is 521 g/mol. The number of rotatable bonds is 3. The second-order valence-corrected chi connectivity index (χ2v) is 10.8. The molecule has 2 aromatic rings. The first kappa shape index (κ1) is 25.0. The van der Waals surface area contributed by atoms with E-state index in [0.717, 1.165) is 72.3 Å². The van der Waals surface area contributed by atoms with Crippen LogP contribution in [0.3, 0.4) is 0 Å². The Hall–Kier alpha value is -3.26. The van der Waals surface area contributed by atoms with Crippen LogP contribution in [-0.2, 0) is 25.4 Å². The summed E-state index contributed by atoms with van der Waals surface area (Å²) in [6, 6.07) is 12.8. The third-order valence-electron chi connectivity index (χ3n) is 8.67. The summed E-state index contributed by atoms with van der Waals surface area (Å²) < 4.78 is 28.8. The number of carbonyl (C=O) groups is 2. The van der Waals surface area contributed by atoms with E-state index in [1.807, 2.05) is 12.1 Å². The van der Waals surface area contributed by atoms with Gasteiger partial charge in [-0.3, -0.25) is 9.69 Å². The second-order valence-electron chi connectivity index (χ2n) is 10.8. The van der Waals surface area contributed by atoms with Gasteiger partial charge in [-0.15, -0.1) is 0 Å². The average Bonchev–Trinajstić information content (AvgIpc) is 3.30. The van der Waals surface area contributed by atoms with Gasteiger partial charge in [0, 0.05) is 36.6 Å². The van der Waals surface area contributed by atoms with Crippen molar-refractivity contribution in [3.8, 4) is 22.6 Å². The maximum atomic E-state index is 12.2. The Kier molecular flexibility index (Phi) is 6.68. The van der Waals surface area contributed by atoms with Crippen LogP contribution >= 0.6 is 0 Å².